The second-order valence-corrected chi connectivity index (χ2v) is 4.13. The maximum atomic E-state index is 5.78. The number of H-pyrrole nitrogens is 1. The molecule has 2 rings (SSSR count). The van der Waals surface area contributed by atoms with Crippen LogP contribution in [-0.4, -0.2) is 24.2 Å². The van der Waals surface area contributed by atoms with Crippen molar-refractivity contribution in [3.63, 3.8) is 0 Å². The number of aromatic amines is 1. The van der Waals surface area contributed by atoms with Crippen molar-refractivity contribution in [3.05, 3.63) is 29.6 Å². The van der Waals surface area contributed by atoms with Crippen molar-refractivity contribution in [2.45, 2.75) is 13.5 Å². The third-order valence-electron chi connectivity index (χ3n) is 2.76. The average Bonchev–Trinajstić information content (AvgIpc) is 2.74. The number of nitrogens with zero attached hydrogens (tertiary/aromatic N) is 1. The van der Waals surface area contributed by atoms with Crippen molar-refractivity contribution < 1.29 is 9.47 Å². The first-order chi connectivity index (χ1) is 9.13. The number of nitrogen functional groups attached to an aromatic ring is 1. The van der Waals surface area contributed by atoms with Crippen molar-refractivity contribution in [3.8, 4) is 11.5 Å². The maximum Gasteiger partial charge on any atom is 0.169 e. The van der Waals surface area contributed by atoms with Crippen molar-refractivity contribution in [2.24, 2.45) is 0 Å². The van der Waals surface area contributed by atoms with Crippen LogP contribution >= 0.6 is 0 Å². The normalized spacial score (nSPS) is 10.3. The van der Waals surface area contributed by atoms with E-state index >= 15 is 0 Å². The molecule has 6 heteroatoms. The highest BCUT2D eigenvalue weighted by atomic mass is 16.5. The first kappa shape index (κ1) is 13.1. The summed E-state index contributed by atoms with van der Waals surface area (Å²) in [6.45, 7) is 2.47. The minimum absolute atomic E-state index is 0.540. The lowest BCUT2D eigenvalue weighted by Gasteiger charge is -2.10. The van der Waals surface area contributed by atoms with E-state index in [1.54, 1.807) is 14.2 Å². The summed E-state index contributed by atoms with van der Waals surface area (Å²) in [5.74, 6) is 3.40. The number of anilines is 2. The van der Waals surface area contributed by atoms with E-state index < -0.39 is 0 Å². The molecule has 102 valence electrons. The molecule has 0 saturated carbocycles. The van der Waals surface area contributed by atoms with Gasteiger partial charge in [0.15, 0.2) is 17.3 Å². The Hall–Kier alpha value is -2.37. The summed E-state index contributed by atoms with van der Waals surface area (Å²) in [5.41, 5.74) is 6.84. The predicted molar refractivity (Wildman–Crippen MR) is 74.6 cm³/mol. The van der Waals surface area contributed by atoms with Gasteiger partial charge in [0.25, 0.3) is 0 Å². The van der Waals surface area contributed by atoms with E-state index in [1.165, 1.54) is 0 Å². The zero-order valence-corrected chi connectivity index (χ0v) is 11.3. The lowest BCUT2D eigenvalue weighted by molar-refractivity contribution is 0.354. The Morgan fingerprint density at radius 1 is 1.26 bits per heavy atom. The van der Waals surface area contributed by atoms with Crippen LogP contribution in [0.5, 0.6) is 11.5 Å². The van der Waals surface area contributed by atoms with Crippen LogP contribution in [0.15, 0.2) is 18.2 Å². The second kappa shape index (κ2) is 5.51. The van der Waals surface area contributed by atoms with E-state index in [4.69, 9.17) is 15.2 Å². The molecule has 0 amide bonds. The van der Waals surface area contributed by atoms with Gasteiger partial charge < -0.3 is 25.5 Å². The van der Waals surface area contributed by atoms with Crippen LogP contribution in [0.1, 0.15) is 11.4 Å². The van der Waals surface area contributed by atoms with Crippen LogP contribution < -0.4 is 20.5 Å². The van der Waals surface area contributed by atoms with Gasteiger partial charge in [-0.2, -0.15) is 0 Å². The van der Waals surface area contributed by atoms with Gasteiger partial charge in [0.2, 0.25) is 0 Å². The van der Waals surface area contributed by atoms with Gasteiger partial charge in [-0.1, -0.05) is 6.07 Å². The van der Waals surface area contributed by atoms with Crippen molar-refractivity contribution in [2.75, 3.05) is 25.3 Å². The van der Waals surface area contributed by atoms with E-state index in [2.05, 4.69) is 15.3 Å². The molecule has 6 nitrogen and oxygen atoms in total. The molecular weight excluding hydrogens is 244 g/mol. The highest BCUT2D eigenvalue weighted by Crippen LogP contribution is 2.28. The number of rotatable bonds is 5. The van der Waals surface area contributed by atoms with Gasteiger partial charge in [-0.25, -0.2) is 4.98 Å². The van der Waals surface area contributed by atoms with Gasteiger partial charge in [-0.3, -0.25) is 0 Å². The van der Waals surface area contributed by atoms with Gasteiger partial charge in [-0.15, -0.1) is 0 Å². The van der Waals surface area contributed by atoms with Crippen molar-refractivity contribution in [1.82, 2.24) is 9.97 Å². The van der Waals surface area contributed by atoms with E-state index in [0.717, 1.165) is 11.4 Å². The number of aromatic nitrogens is 2. The Kier molecular flexibility index (Phi) is 3.79. The Morgan fingerprint density at radius 2 is 2.00 bits per heavy atom. The summed E-state index contributed by atoms with van der Waals surface area (Å²) in [6, 6.07) is 5.75. The van der Waals surface area contributed by atoms with E-state index in [1.807, 2.05) is 25.1 Å². The molecule has 0 spiro atoms. The maximum absolute atomic E-state index is 5.78. The van der Waals surface area contributed by atoms with Crippen LogP contribution in [0.2, 0.25) is 0 Å². The topological polar surface area (TPSA) is 85.2 Å². The number of methoxy groups -OCH3 is 2. The standard InChI is InChI=1S/C13H18N4O2/c1-8-16-12(14)13(17-8)15-7-9-4-5-10(18-2)11(6-9)19-3/h4-6,15H,7,14H2,1-3H3,(H,16,17). The SMILES string of the molecule is COc1ccc(CNc2nc(C)[nH]c2N)cc1OC. The number of aryl methyl sites for hydroxylation is 1. The lowest BCUT2D eigenvalue weighted by atomic mass is 10.2. The molecule has 0 aliphatic carbocycles. The molecule has 0 fully saturated rings. The van der Waals surface area contributed by atoms with Crippen LogP contribution in [0.25, 0.3) is 0 Å². The van der Waals surface area contributed by atoms with Crippen LogP contribution in [0, 0.1) is 6.92 Å². The molecule has 0 aliphatic heterocycles. The Balaban J connectivity index is 2.09. The number of nitrogens with two attached hydrogens (primary N) is 1. The molecule has 1 aromatic carbocycles. The van der Waals surface area contributed by atoms with Crippen LogP contribution in [-0.2, 0) is 6.54 Å². The molecule has 4 N–H and O–H groups in total. The highest BCUT2D eigenvalue weighted by Gasteiger charge is 2.07. The molecule has 0 saturated heterocycles. The Bertz CT molecular complexity index is 566. The summed E-state index contributed by atoms with van der Waals surface area (Å²) in [6.07, 6.45) is 0. The smallest absolute Gasteiger partial charge is 0.169 e. The van der Waals surface area contributed by atoms with Gasteiger partial charge in [0.1, 0.15) is 11.6 Å². The fraction of sp³-hybridized carbons (Fsp3) is 0.308. The van der Waals surface area contributed by atoms with Gasteiger partial charge in [0.05, 0.1) is 14.2 Å². The monoisotopic (exact) mass is 262 g/mol. The molecule has 1 heterocycles. The summed E-state index contributed by atoms with van der Waals surface area (Å²) in [7, 11) is 3.23. The Labute approximate surface area is 111 Å². The number of benzene rings is 1. The molecule has 0 aliphatic rings. The number of ether oxygens (including phenoxy) is 2. The minimum Gasteiger partial charge on any atom is -0.493 e. The fourth-order valence-electron chi connectivity index (χ4n) is 1.82. The zero-order chi connectivity index (χ0) is 13.8. The predicted octanol–water partition coefficient (Wildman–Crippen LogP) is 1.93. The second-order valence-electron chi connectivity index (χ2n) is 4.13. The minimum atomic E-state index is 0.540. The molecular formula is C13H18N4O2. The average molecular weight is 262 g/mol. The van der Waals surface area contributed by atoms with Crippen molar-refractivity contribution in [1.29, 1.82) is 0 Å². The van der Waals surface area contributed by atoms with E-state index in [9.17, 15) is 0 Å². The third-order valence-corrected chi connectivity index (χ3v) is 2.76. The van der Waals surface area contributed by atoms with Crippen molar-refractivity contribution >= 4 is 11.6 Å². The molecule has 2 aromatic rings. The molecule has 0 bridgehead atoms. The van der Waals surface area contributed by atoms with Crippen LogP contribution in [0.4, 0.5) is 11.6 Å². The molecule has 0 atom stereocenters. The summed E-state index contributed by atoms with van der Waals surface area (Å²) in [4.78, 5) is 7.20. The zero-order valence-electron chi connectivity index (χ0n) is 11.3. The molecule has 0 unspecified atom stereocenters. The summed E-state index contributed by atoms with van der Waals surface area (Å²) in [5, 5.41) is 3.18. The third kappa shape index (κ3) is 2.90. The number of hydrogen-bond acceptors (Lipinski definition) is 5. The van der Waals surface area contributed by atoms with E-state index in [-0.39, 0.29) is 0 Å². The largest absolute Gasteiger partial charge is 0.493 e. The van der Waals surface area contributed by atoms with E-state index in [0.29, 0.717) is 29.7 Å². The highest BCUT2D eigenvalue weighted by molar-refractivity contribution is 5.57. The van der Waals surface area contributed by atoms with Crippen LogP contribution in [0.3, 0.4) is 0 Å². The number of hydrogen-bond donors (Lipinski definition) is 3. The quantitative estimate of drug-likeness (QED) is 0.766. The summed E-state index contributed by atoms with van der Waals surface area (Å²) < 4.78 is 10.5. The molecule has 1 aromatic heterocycles. The first-order valence-corrected chi connectivity index (χ1v) is 5.91. The molecule has 0 radical (unpaired) electrons. The fourth-order valence-corrected chi connectivity index (χ4v) is 1.82. The van der Waals surface area contributed by atoms with Gasteiger partial charge in [-0.05, 0) is 24.6 Å². The summed E-state index contributed by atoms with van der Waals surface area (Å²) >= 11 is 0. The lowest BCUT2D eigenvalue weighted by Crippen LogP contribution is -2.03. The number of nitrogens with one attached hydrogen (secondary N) is 2. The number of imidazole rings is 1. The van der Waals surface area contributed by atoms with Gasteiger partial charge >= 0.3 is 0 Å². The molecule has 19 heavy (non-hydrogen) atoms. The first-order valence-electron chi connectivity index (χ1n) is 5.91. The Morgan fingerprint density at radius 3 is 2.58 bits per heavy atom. The van der Waals surface area contributed by atoms with Gasteiger partial charge in [0, 0.05) is 6.54 Å².